The molecule has 0 spiro atoms. The molecule has 0 aliphatic carbocycles. The largest absolute Gasteiger partial charge is 2.00 e. The van der Waals surface area contributed by atoms with E-state index >= 15 is 0 Å². The van der Waals surface area contributed by atoms with E-state index in [1.807, 2.05) is 0 Å². The second kappa shape index (κ2) is 116. The standard InChI is InChI=1S/CH4.Ni.2H2O/h1H4;;2*1H2/q;+2;;/p-2. The Hall–Kier alpha value is 0.414. The van der Waals surface area contributed by atoms with Crippen LogP contribution < -0.4 is 0 Å². The van der Waals surface area contributed by atoms with Crippen LogP contribution in [0.15, 0.2) is 0 Å². The fraction of sp³-hybridized carbons (Fsp3) is 1.00. The van der Waals surface area contributed by atoms with Crippen molar-refractivity contribution in [3.8, 4) is 0 Å². The van der Waals surface area contributed by atoms with Gasteiger partial charge in [0.15, 0.2) is 0 Å². The number of hydrogen-bond donors (Lipinski definition) is 0. The molecule has 0 aliphatic heterocycles. The molecule has 0 fully saturated rings. The molecule has 0 aromatic rings. The zero-order chi connectivity index (χ0) is 0. The number of rotatable bonds is 0. The van der Waals surface area contributed by atoms with Crippen LogP contribution in [0.5, 0.6) is 0 Å². The Morgan fingerprint density at radius 3 is 0.750 bits per heavy atom. The summed E-state index contributed by atoms with van der Waals surface area (Å²) in [6.07, 6.45) is 0. The summed E-state index contributed by atoms with van der Waals surface area (Å²) in [6, 6.07) is 0. The molecule has 0 saturated carbocycles. The van der Waals surface area contributed by atoms with Crippen LogP contribution in [0.2, 0.25) is 0 Å². The average Bonchev–Trinajstić information content (AvgIpc) is 0. The molecule has 2 N–H and O–H groups in total. The van der Waals surface area contributed by atoms with Crippen LogP contribution in [0.25, 0.3) is 0 Å². The van der Waals surface area contributed by atoms with Crippen molar-refractivity contribution in [2.75, 3.05) is 0 Å². The van der Waals surface area contributed by atoms with E-state index in [-0.39, 0.29) is 34.9 Å². The first-order valence-corrected chi connectivity index (χ1v) is 0. The topological polar surface area (TPSA) is 60.0 Å². The Kier molecular flexibility index (Phi) is 8740. The first-order chi connectivity index (χ1) is 0. The summed E-state index contributed by atoms with van der Waals surface area (Å²) in [4.78, 5) is 0. The Morgan fingerprint density at radius 1 is 0.750 bits per heavy atom. The van der Waals surface area contributed by atoms with Crippen LogP contribution in [0.4, 0.5) is 0 Å². The molecule has 0 saturated heterocycles. The Labute approximate surface area is 35.7 Å². The van der Waals surface area contributed by atoms with Crippen LogP contribution >= 0.6 is 0 Å². The van der Waals surface area contributed by atoms with E-state index in [1.54, 1.807) is 0 Å². The van der Waals surface area contributed by atoms with Gasteiger partial charge in [-0.15, -0.1) is 0 Å². The van der Waals surface area contributed by atoms with Crippen LogP contribution in [0, 0.1) is 0 Å². The fourth-order valence-corrected chi connectivity index (χ4v) is 0. The van der Waals surface area contributed by atoms with Crippen LogP contribution in [0.1, 0.15) is 7.43 Å². The van der Waals surface area contributed by atoms with Gasteiger partial charge in [-0.05, 0) is 0 Å². The predicted octanol–water partition coefficient (Wildman–Crippen LogP) is 0.280. The van der Waals surface area contributed by atoms with Gasteiger partial charge in [0.1, 0.15) is 0 Å². The molecule has 0 aliphatic rings. The minimum absolute atomic E-state index is 0. The maximum absolute atomic E-state index is 0. The van der Waals surface area contributed by atoms with Gasteiger partial charge in [0.2, 0.25) is 0 Å². The SMILES string of the molecule is C.[Ni+2].[OH-].[OH-]. The van der Waals surface area contributed by atoms with E-state index in [0.717, 1.165) is 0 Å². The summed E-state index contributed by atoms with van der Waals surface area (Å²) in [5.41, 5.74) is 0. The van der Waals surface area contributed by atoms with Gasteiger partial charge in [0.25, 0.3) is 0 Å². The quantitative estimate of drug-likeness (QED) is 0.419. The van der Waals surface area contributed by atoms with Gasteiger partial charge >= 0.3 is 16.5 Å². The third kappa shape index (κ3) is 28.2. The summed E-state index contributed by atoms with van der Waals surface area (Å²) < 4.78 is 0. The van der Waals surface area contributed by atoms with E-state index in [2.05, 4.69) is 0 Å². The molecular formula is CH6NiO2. The van der Waals surface area contributed by atoms with Crippen molar-refractivity contribution in [2.45, 2.75) is 7.43 Å². The molecule has 0 bridgehead atoms. The molecule has 2 nitrogen and oxygen atoms in total. The second-order valence-corrected chi connectivity index (χ2v) is 0. The molecule has 0 aromatic heterocycles. The Morgan fingerprint density at radius 2 is 0.750 bits per heavy atom. The molecule has 0 heterocycles. The molecule has 0 amide bonds. The molecule has 0 rings (SSSR count). The summed E-state index contributed by atoms with van der Waals surface area (Å²) in [6.45, 7) is 0. The molecular weight excluding hydrogens is 103 g/mol. The van der Waals surface area contributed by atoms with Crippen molar-refractivity contribution >= 4 is 0 Å². The van der Waals surface area contributed by atoms with Crippen molar-refractivity contribution in [3.63, 3.8) is 0 Å². The van der Waals surface area contributed by atoms with Gasteiger partial charge in [0.05, 0.1) is 0 Å². The van der Waals surface area contributed by atoms with Gasteiger partial charge in [-0.25, -0.2) is 0 Å². The molecule has 0 atom stereocenters. The zero-order valence-corrected chi connectivity index (χ0v) is 2.20. The van der Waals surface area contributed by atoms with E-state index in [0.29, 0.717) is 0 Å². The van der Waals surface area contributed by atoms with Crippen LogP contribution in [0.3, 0.4) is 0 Å². The third-order valence-electron chi connectivity index (χ3n) is 0. The fourth-order valence-electron chi connectivity index (χ4n) is 0. The zero-order valence-electron chi connectivity index (χ0n) is 1.21. The van der Waals surface area contributed by atoms with Crippen LogP contribution in [-0.2, 0) is 16.5 Å². The molecule has 32 valence electrons. The van der Waals surface area contributed by atoms with E-state index in [4.69, 9.17) is 0 Å². The first-order valence-electron chi connectivity index (χ1n) is 0. The Bertz CT molecular complexity index is 6.00. The van der Waals surface area contributed by atoms with Crippen molar-refractivity contribution < 1.29 is 27.4 Å². The summed E-state index contributed by atoms with van der Waals surface area (Å²) in [7, 11) is 0. The molecule has 4 heavy (non-hydrogen) atoms. The van der Waals surface area contributed by atoms with Gasteiger partial charge in [-0.3, -0.25) is 0 Å². The van der Waals surface area contributed by atoms with E-state index in [9.17, 15) is 0 Å². The average molecular weight is 109 g/mol. The molecule has 3 heteroatoms. The van der Waals surface area contributed by atoms with Gasteiger partial charge in [-0.1, -0.05) is 7.43 Å². The van der Waals surface area contributed by atoms with Crippen molar-refractivity contribution in [2.24, 2.45) is 0 Å². The van der Waals surface area contributed by atoms with Gasteiger partial charge in [-0.2, -0.15) is 0 Å². The van der Waals surface area contributed by atoms with E-state index < -0.39 is 0 Å². The monoisotopic (exact) mass is 108 g/mol. The first kappa shape index (κ1) is 301. The summed E-state index contributed by atoms with van der Waals surface area (Å²) in [5.74, 6) is 0. The summed E-state index contributed by atoms with van der Waals surface area (Å²) in [5, 5.41) is 0. The smallest absolute Gasteiger partial charge is 0.870 e. The predicted molar refractivity (Wildman–Crippen MR) is 10.6 cm³/mol. The minimum atomic E-state index is 0. The minimum Gasteiger partial charge on any atom is -0.870 e. The molecule has 0 radical (unpaired) electrons. The van der Waals surface area contributed by atoms with Gasteiger partial charge in [0, 0.05) is 0 Å². The van der Waals surface area contributed by atoms with Gasteiger partial charge < -0.3 is 11.0 Å². The molecule has 0 unspecified atom stereocenters. The van der Waals surface area contributed by atoms with Crippen LogP contribution in [-0.4, -0.2) is 11.0 Å². The van der Waals surface area contributed by atoms with Crippen molar-refractivity contribution in [1.29, 1.82) is 0 Å². The van der Waals surface area contributed by atoms with Crippen molar-refractivity contribution in [3.05, 3.63) is 0 Å². The second-order valence-electron chi connectivity index (χ2n) is 0. The normalized spacial score (nSPS) is 0. The Balaban J connectivity index is 0. The summed E-state index contributed by atoms with van der Waals surface area (Å²) >= 11 is 0. The maximum atomic E-state index is 0. The van der Waals surface area contributed by atoms with Crippen molar-refractivity contribution in [1.82, 2.24) is 0 Å². The van der Waals surface area contributed by atoms with E-state index in [1.165, 1.54) is 0 Å². The number of hydrogen-bond acceptors (Lipinski definition) is 2. The molecule has 0 aromatic carbocycles. The third-order valence-corrected chi connectivity index (χ3v) is 0. The maximum Gasteiger partial charge on any atom is 2.00 e.